The van der Waals surface area contributed by atoms with Crippen molar-refractivity contribution in [1.29, 1.82) is 0 Å². The topological polar surface area (TPSA) is 103 Å². The fourth-order valence-electron chi connectivity index (χ4n) is 3.37. The Morgan fingerprint density at radius 2 is 1.79 bits per heavy atom. The first-order chi connectivity index (χ1) is 16.1. The van der Waals surface area contributed by atoms with E-state index in [4.69, 9.17) is 9.47 Å². The molecule has 1 aliphatic heterocycles. The smallest absolute Gasteiger partial charge is 0.276 e. The lowest BCUT2D eigenvalue weighted by Gasteiger charge is -2.27. The number of anilines is 1. The third kappa shape index (κ3) is 5.83. The summed E-state index contributed by atoms with van der Waals surface area (Å²) in [6.45, 7) is 2.52. The van der Waals surface area contributed by atoms with Gasteiger partial charge in [0.15, 0.2) is 0 Å². The van der Waals surface area contributed by atoms with Gasteiger partial charge in [-0.2, -0.15) is 5.10 Å². The molecular weight excluding hydrogens is 424 g/mol. The highest BCUT2D eigenvalue weighted by Crippen LogP contribution is 2.15. The number of amides is 2. The minimum absolute atomic E-state index is 0.0826. The van der Waals surface area contributed by atoms with Crippen molar-refractivity contribution in [1.82, 2.24) is 14.7 Å². The zero-order chi connectivity index (χ0) is 23.0. The molecule has 170 valence electrons. The molecule has 4 rings (SSSR count). The van der Waals surface area contributed by atoms with Crippen LogP contribution in [0.15, 0.2) is 71.5 Å². The van der Waals surface area contributed by atoms with Gasteiger partial charge in [-0.05, 0) is 36.4 Å². The molecule has 1 aromatic heterocycles. The molecular formula is C24H24N4O5. The Bertz CT molecular complexity index is 1170. The maximum Gasteiger partial charge on any atom is 0.276 e. The number of aromatic nitrogens is 2. The van der Waals surface area contributed by atoms with Gasteiger partial charge in [0.05, 0.1) is 19.8 Å². The summed E-state index contributed by atoms with van der Waals surface area (Å²) in [5.74, 6) is 0.0918. The van der Waals surface area contributed by atoms with Crippen molar-refractivity contribution in [2.24, 2.45) is 0 Å². The number of nitrogens with one attached hydrogen (secondary N) is 1. The minimum Gasteiger partial charge on any atom is -0.492 e. The summed E-state index contributed by atoms with van der Waals surface area (Å²) < 4.78 is 12.1. The number of morpholine rings is 1. The van der Waals surface area contributed by atoms with E-state index >= 15 is 0 Å². The molecule has 9 heteroatoms. The number of benzene rings is 2. The molecule has 2 amide bonds. The normalized spacial score (nSPS) is 13.4. The molecule has 0 bridgehead atoms. The first-order valence-electron chi connectivity index (χ1n) is 10.6. The third-order valence-corrected chi connectivity index (χ3v) is 5.08. The fraction of sp³-hybridized carbons (Fsp3) is 0.250. The van der Waals surface area contributed by atoms with E-state index in [9.17, 15) is 14.4 Å². The van der Waals surface area contributed by atoms with Gasteiger partial charge in [0.2, 0.25) is 0 Å². The lowest BCUT2D eigenvalue weighted by Crippen LogP contribution is -2.40. The summed E-state index contributed by atoms with van der Waals surface area (Å²) in [6, 6.07) is 18.6. The lowest BCUT2D eigenvalue weighted by molar-refractivity contribution is 0.0303. The second-order valence-electron chi connectivity index (χ2n) is 7.38. The third-order valence-electron chi connectivity index (χ3n) is 5.08. The molecule has 1 aliphatic rings. The van der Waals surface area contributed by atoms with Gasteiger partial charge >= 0.3 is 0 Å². The SMILES string of the molecule is O=C(Nc1cccc(C(=O)N2CCOCC2)c1)c1ccc(=O)n(CCOc2ccccc2)n1. The summed E-state index contributed by atoms with van der Waals surface area (Å²) in [4.78, 5) is 39.3. The standard InChI is InChI=1S/C24H24N4O5/c29-22-10-9-21(26-28(22)13-16-33-20-7-2-1-3-8-20)23(30)25-19-6-4-5-18(17-19)24(31)27-11-14-32-15-12-27/h1-10,17H,11-16H2,(H,25,30). The minimum atomic E-state index is -0.483. The van der Waals surface area contributed by atoms with Gasteiger partial charge in [0.1, 0.15) is 18.1 Å². The number of nitrogens with zero attached hydrogens (tertiary/aromatic N) is 3. The van der Waals surface area contributed by atoms with Crippen LogP contribution in [-0.4, -0.2) is 59.4 Å². The maximum atomic E-state index is 12.7. The zero-order valence-corrected chi connectivity index (χ0v) is 18.0. The van der Waals surface area contributed by atoms with E-state index in [1.54, 1.807) is 29.2 Å². The fourth-order valence-corrected chi connectivity index (χ4v) is 3.37. The van der Waals surface area contributed by atoms with Crippen molar-refractivity contribution in [3.63, 3.8) is 0 Å². The van der Waals surface area contributed by atoms with Crippen molar-refractivity contribution in [2.75, 3.05) is 38.2 Å². The molecule has 0 spiro atoms. The number of hydrogen-bond donors (Lipinski definition) is 1. The van der Waals surface area contributed by atoms with Gasteiger partial charge in [-0.25, -0.2) is 4.68 Å². The van der Waals surface area contributed by atoms with Gasteiger partial charge in [0.25, 0.3) is 17.4 Å². The number of carbonyl (C=O) groups excluding carboxylic acids is 2. The molecule has 1 fully saturated rings. The highest BCUT2D eigenvalue weighted by molar-refractivity contribution is 6.03. The predicted molar refractivity (Wildman–Crippen MR) is 122 cm³/mol. The van der Waals surface area contributed by atoms with E-state index in [2.05, 4.69) is 10.4 Å². The number of rotatable bonds is 7. The van der Waals surface area contributed by atoms with Crippen LogP contribution in [0.1, 0.15) is 20.8 Å². The number of hydrogen-bond acceptors (Lipinski definition) is 6. The Morgan fingerprint density at radius 1 is 1.00 bits per heavy atom. The van der Waals surface area contributed by atoms with Crippen LogP contribution in [0.25, 0.3) is 0 Å². The van der Waals surface area contributed by atoms with E-state index < -0.39 is 5.91 Å². The second kappa shape index (κ2) is 10.6. The molecule has 1 saturated heterocycles. The Hall–Kier alpha value is -3.98. The van der Waals surface area contributed by atoms with Gasteiger partial charge < -0.3 is 19.7 Å². The summed E-state index contributed by atoms with van der Waals surface area (Å²) in [5, 5.41) is 6.90. The van der Waals surface area contributed by atoms with Crippen molar-refractivity contribution < 1.29 is 19.1 Å². The Labute approximate surface area is 190 Å². The van der Waals surface area contributed by atoms with Gasteiger partial charge in [-0.15, -0.1) is 0 Å². The number of ether oxygens (including phenoxy) is 2. The number of para-hydroxylation sites is 1. The maximum absolute atomic E-state index is 12.7. The second-order valence-corrected chi connectivity index (χ2v) is 7.38. The van der Waals surface area contributed by atoms with Crippen LogP contribution in [0.5, 0.6) is 5.75 Å². The Balaban J connectivity index is 1.40. The molecule has 2 aromatic carbocycles. The summed E-state index contributed by atoms with van der Waals surface area (Å²) in [5.41, 5.74) is 0.692. The van der Waals surface area contributed by atoms with Crippen molar-refractivity contribution in [3.05, 3.63) is 88.3 Å². The molecule has 0 radical (unpaired) electrons. The van der Waals surface area contributed by atoms with Crippen molar-refractivity contribution in [2.45, 2.75) is 6.54 Å². The predicted octanol–water partition coefficient (Wildman–Crippen LogP) is 2.05. The summed E-state index contributed by atoms with van der Waals surface area (Å²) in [7, 11) is 0. The molecule has 3 aromatic rings. The molecule has 0 aliphatic carbocycles. The number of carbonyl (C=O) groups is 2. The van der Waals surface area contributed by atoms with Gasteiger partial charge in [-0.3, -0.25) is 14.4 Å². The van der Waals surface area contributed by atoms with Crippen LogP contribution in [-0.2, 0) is 11.3 Å². The average Bonchev–Trinajstić information content (AvgIpc) is 2.86. The highest BCUT2D eigenvalue weighted by Gasteiger charge is 2.19. The average molecular weight is 448 g/mol. The summed E-state index contributed by atoms with van der Waals surface area (Å²) in [6.07, 6.45) is 0. The molecule has 0 unspecified atom stereocenters. The first kappa shape index (κ1) is 22.2. The summed E-state index contributed by atoms with van der Waals surface area (Å²) >= 11 is 0. The van der Waals surface area contributed by atoms with Crippen LogP contribution >= 0.6 is 0 Å². The van der Waals surface area contributed by atoms with E-state index in [0.29, 0.717) is 43.3 Å². The quantitative estimate of drug-likeness (QED) is 0.594. The zero-order valence-electron chi connectivity index (χ0n) is 18.0. The van der Waals surface area contributed by atoms with E-state index in [0.717, 1.165) is 0 Å². The van der Waals surface area contributed by atoms with E-state index in [1.165, 1.54) is 16.8 Å². The highest BCUT2D eigenvalue weighted by atomic mass is 16.5. The van der Waals surface area contributed by atoms with Crippen LogP contribution in [0.2, 0.25) is 0 Å². The monoisotopic (exact) mass is 448 g/mol. The largest absolute Gasteiger partial charge is 0.492 e. The van der Waals surface area contributed by atoms with Crippen LogP contribution in [0.4, 0.5) is 5.69 Å². The van der Waals surface area contributed by atoms with Crippen molar-refractivity contribution >= 4 is 17.5 Å². The van der Waals surface area contributed by atoms with E-state index in [-0.39, 0.29) is 30.3 Å². The van der Waals surface area contributed by atoms with Crippen LogP contribution < -0.4 is 15.6 Å². The van der Waals surface area contributed by atoms with E-state index in [1.807, 2.05) is 30.3 Å². The molecule has 0 atom stereocenters. The van der Waals surface area contributed by atoms with Gasteiger partial charge in [-0.1, -0.05) is 24.3 Å². The lowest BCUT2D eigenvalue weighted by atomic mass is 10.1. The first-order valence-corrected chi connectivity index (χ1v) is 10.6. The molecule has 1 N–H and O–H groups in total. The molecule has 0 saturated carbocycles. The Kier molecular flexibility index (Phi) is 7.11. The van der Waals surface area contributed by atoms with Crippen molar-refractivity contribution in [3.8, 4) is 5.75 Å². The molecule has 33 heavy (non-hydrogen) atoms. The Morgan fingerprint density at radius 3 is 2.58 bits per heavy atom. The molecule has 9 nitrogen and oxygen atoms in total. The van der Waals surface area contributed by atoms with Crippen LogP contribution in [0.3, 0.4) is 0 Å². The van der Waals surface area contributed by atoms with Crippen LogP contribution in [0, 0.1) is 0 Å². The molecule has 2 heterocycles. The van der Waals surface area contributed by atoms with Gasteiger partial charge in [0, 0.05) is 30.4 Å².